The van der Waals surface area contributed by atoms with Crippen molar-refractivity contribution in [1.82, 2.24) is 9.88 Å². The molecule has 6 nitrogen and oxygen atoms in total. The summed E-state index contributed by atoms with van der Waals surface area (Å²) in [5, 5.41) is 8.92. The first-order valence-corrected chi connectivity index (χ1v) is 6.12. The second-order valence-corrected chi connectivity index (χ2v) is 4.55. The van der Waals surface area contributed by atoms with Gasteiger partial charge in [-0.05, 0) is 26.0 Å². The third-order valence-corrected chi connectivity index (χ3v) is 3.37. The molecule has 6 heteroatoms. The third-order valence-electron chi connectivity index (χ3n) is 3.37. The van der Waals surface area contributed by atoms with Gasteiger partial charge in [0.15, 0.2) is 0 Å². The van der Waals surface area contributed by atoms with Crippen LogP contribution in [0.3, 0.4) is 0 Å². The zero-order valence-corrected chi connectivity index (χ0v) is 10.9. The number of aromatic nitrogens is 1. The Kier molecular flexibility index (Phi) is 3.80. The molecule has 0 saturated carbocycles. The summed E-state index contributed by atoms with van der Waals surface area (Å²) < 4.78 is 5.46. The number of carbonyl (C=O) groups is 2. The molecule has 1 fully saturated rings. The lowest BCUT2D eigenvalue weighted by molar-refractivity contribution is -0.0442. The van der Waals surface area contributed by atoms with Crippen LogP contribution in [0.2, 0.25) is 0 Å². The van der Waals surface area contributed by atoms with Crippen LogP contribution in [0.4, 0.5) is 0 Å². The van der Waals surface area contributed by atoms with Crippen LogP contribution in [0.5, 0.6) is 0 Å². The monoisotopic (exact) mass is 264 g/mol. The van der Waals surface area contributed by atoms with Gasteiger partial charge in [-0.1, -0.05) is 0 Å². The van der Waals surface area contributed by atoms with Gasteiger partial charge in [0.1, 0.15) is 5.69 Å². The zero-order valence-electron chi connectivity index (χ0n) is 10.9. The highest BCUT2D eigenvalue weighted by Crippen LogP contribution is 2.16. The molecule has 0 spiro atoms. The summed E-state index contributed by atoms with van der Waals surface area (Å²) in [6, 6.07) is 2.61. The van der Waals surface area contributed by atoms with Crippen molar-refractivity contribution in [2.75, 3.05) is 13.2 Å². The molecule has 2 unspecified atom stereocenters. The van der Waals surface area contributed by atoms with E-state index in [-0.39, 0.29) is 29.3 Å². The van der Waals surface area contributed by atoms with Gasteiger partial charge < -0.3 is 14.7 Å². The number of ether oxygens (including phenoxy) is 1. The van der Waals surface area contributed by atoms with Crippen molar-refractivity contribution >= 4 is 11.9 Å². The van der Waals surface area contributed by atoms with Gasteiger partial charge in [-0.3, -0.25) is 9.78 Å². The van der Waals surface area contributed by atoms with Crippen LogP contribution in [0.15, 0.2) is 18.3 Å². The number of carbonyl (C=O) groups excluding carboxylic acids is 1. The van der Waals surface area contributed by atoms with Gasteiger partial charge >= 0.3 is 5.97 Å². The molecule has 2 atom stereocenters. The Morgan fingerprint density at radius 1 is 1.47 bits per heavy atom. The number of aromatic carboxylic acids is 1. The molecular weight excluding hydrogens is 248 g/mol. The molecule has 0 aromatic carbocycles. The van der Waals surface area contributed by atoms with Crippen molar-refractivity contribution in [2.24, 2.45) is 0 Å². The first-order valence-electron chi connectivity index (χ1n) is 6.12. The summed E-state index contributed by atoms with van der Waals surface area (Å²) in [5.41, 5.74) is 0.216. The maximum atomic E-state index is 12.3. The van der Waals surface area contributed by atoms with Crippen molar-refractivity contribution < 1.29 is 19.4 Å². The van der Waals surface area contributed by atoms with Gasteiger partial charge in [-0.25, -0.2) is 4.79 Å². The Balaban J connectivity index is 2.23. The van der Waals surface area contributed by atoms with Gasteiger partial charge in [0, 0.05) is 12.7 Å². The summed E-state index contributed by atoms with van der Waals surface area (Å²) in [6.07, 6.45) is 1.30. The molecule has 1 amide bonds. The number of nitrogens with zero attached hydrogens (tertiary/aromatic N) is 2. The fourth-order valence-corrected chi connectivity index (χ4v) is 2.05. The average molecular weight is 264 g/mol. The van der Waals surface area contributed by atoms with Crippen molar-refractivity contribution in [3.63, 3.8) is 0 Å². The Morgan fingerprint density at radius 2 is 2.21 bits per heavy atom. The van der Waals surface area contributed by atoms with Crippen LogP contribution < -0.4 is 0 Å². The summed E-state index contributed by atoms with van der Waals surface area (Å²) >= 11 is 0. The number of carboxylic acids is 1. The van der Waals surface area contributed by atoms with Gasteiger partial charge in [0.05, 0.1) is 24.3 Å². The number of rotatable bonds is 2. The number of carboxylic acid groups (broad SMARTS) is 1. The fraction of sp³-hybridized carbons (Fsp3) is 0.462. The minimum atomic E-state index is -1.07. The lowest BCUT2D eigenvalue weighted by Crippen LogP contribution is -2.51. The molecule has 0 aliphatic carbocycles. The smallest absolute Gasteiger partial charge is 0.335 e. The normalized spacial score (nSPS) is 23.2. The second kappa shape index (κ2) is 5.36. The summed E-state index contributed by atoms with van der Waals surface area (Å²) in [6.45, 7) is 4.78. The average Bonchev–Trinajstić information content (AvgIpc) is 2.41. The van der Waals surface area contributed by atoms with Crippen LogP contribution in [-0.2, 0) is 4.74 Å². The number of hydrogen-bond donors (Lipinski definition) is 1. The molecule has 2 heterocycles. The van der Waals surface area contributed by atoms with Crippen LogP contribution in [0.25, 0.3) is 0 Å². The van der Waals surface area contributed by atoms with E-state index in [1.54, 1.807) is 4.90 Å². The molecule has 1 aromatic heterocycles. The Morgan fingerprint density at radius 3 is 2.89 bits per heavy atom. The van der Waals surface area contributed by atoms with Crippen molar-refractivity contribution in [3.05, 3.63) is 29.6 Å². The number of hydrogen-bond acceptors (Lipinski definition) is 4. The Labute approximate surface area is 111 Å². The first-order chi connectivity index (χ1) is 9.00. The van der Waals surface area contributed by atoms with Crippen LogP contribution >= 0.6 is 0 Å². The highest BCUT2D eigenvalue weighted by Gasteiger charge is 2.30. The van der Waals surface area contributed by atoms with E-state index in [0.717, 1.165) is 0 Å². The van der Waals surface area contributed by atoms with E-state index in [4.69, 9.17) is 9.84 Å². The second-order valence-electron chi connectivity index (χ2n) is 4.55. The van der Waals surface area contributed by atoms with Crippen molar-refractivity contribution in [1.29, 1.82) is 0 Å². The van der Waals surface area contributed by atoms with Gasteiger partial charge in [0.25, 0.3) is 5.91 Å². The number of pyridine rings is 1. The van der Waals surface area contributed by atoms with Crippen LogP contribution in [0.1, 0.15) is 34.7 Å². The minimum absolute atomic E-state index is 0.0413. The lowest BCUT2D eigenvalue weighted by Gasteiger charge is -2.37. The molecule has 1 aliphatic rings. The van der Waals surface area contributed by atoms with E-state index < -0.39 is 5.97 Å². The molecule has 0 bridgehead atoms. The standard InChI is InChI=1S/C13H16N2O4/c1-8-9(2)19-6-5-15(8)12(16)11-7-10(13(17)18)3-4-14-11/h3-4,7-9H,5-6H2,1-2H3,(H,17,18). The van der Waals surface area contributed by atoms with Crippen molar-refractivity contribution in [3.8, 4) is 0 Å². The number of amides is 1. The van der Waals surface area contributed by atoms with Crippen molar-refractivity contribution in [2.45, 2.75) is 26.0 Å². The maximum Gasteiger partial charge on any atom is 0.335 e. The summed E-state index contributed by atoms with van der Waals surface area (Å²) in [7, 11) is 0. The highest BCUT2D eigenvalue weighted by atomic mass is 16.5. The van der Waals surface area contributed by atoms with Gasteiger partial charge in [-0.2, -0.15) is 0 Å². The molecule has 1 N–H and O–H groups in total. The molecule has 2 rings (SSSR count). The molecule has 1 aromatic rings. The van der Waals surface area contributed by atoms with Gasteiger partial charge in [-0.15, -0.1) is 0 Å². The van der Waals surface area contributed by atoms with Crippen LogP contribution in [0, 0.1) is 0 Å². The molecule has 1 saturated heterocycles. The predicted octanol–water partition coefficient (Wildman–Crippen LogP) is 1.03. The minimum Gasteiger partial charge on any atom is -0.478 e. The third kappa shape index (κ3) is 2.73. The molecular formula is C13H16N2O4. The summed E-state index contributed by atoms with van der Waals surface area (Å²) in [5.74, 6) is -1.33. The topological polar surface area (TPSA) is 79.7 Å². The molecule has 19 heavy (non-hydrogen) atoms. The van der Waals surface area contributed by atoms with E-state index in [0.29, 0.717) is 13.2 Å². The highest BCUT2D eigenvalue weighted by molar-refractivity contribution is 5.96. The van der Waals surface area contributed by atoms with Gasteiger partial charge in [0.2, 0.25) is 0 Å². The molecule has 102 valence electrons. The van der Waals surface area contributed by atoms with E-state index in [9.17, 15) is 9.59 Å². The van der Waals surface area contributed by atoms with Crippen LogP contribution in [-0.4, -0.2) is 52.2 Å². The van der Waals surface area contributed by atoms with E-state index in [1.807, 2.05) is 13.8 Å². The number of morpholine rings is 1. The van der Waals surface area contributed by atoms with E-state index >= 15 is 0 Å². The Bertz CT molecular complexity index is 503. The summed E-state index contributed by atoms with van der Waals surface area (Å²) in [4.78, 5) is 28.9. The SMILES string of the molecule is CC1OCCN(C(=O)c2cc(C(=O)O)ccn2)C1C. The van der Waals surface area contributed by atoms with E-state index in [2.05, 4.69) is 4.98 Å². The largest absolute Gasteiger partial charge is 0.478 e. The molecule has 1 aliphatic heterocycles. The quantitative estimate of drug-likeness (QED) is 0.863. The van der Waals surface area contributed by atoms with E-state index in [1.165, 1.54) is 18.3 Å². The molecule has 0 radical (unpaired) electrons. The first kappa shape index (κ1) is 13.5. The Hall–Kier alpha value is -1.95. The zero-order chi connectivity index (χ0) is 14.0. The lowest BCUT2D eigenvalue weighted by atomic mass is 10.1. The predicted molar refractivity (Wildman–Crippen MR) is 67.1 cm³/mol. The fourth-order valence-electron chi connectivity index (χ4n) is 2.05. The maximum absolute atomic E-state index is 12.3.